The fourth-order valence-corrected chi connectivity index (χ4v) is 2.48. The van der Waals surface area contributed by atoms with Gasteiger partial charge in [0.2, 0.25) is 0 Å². The molecule has 3 aromatic rings. The number of hydrogen-bond donors (Lipinski definition) is 1. The number of benzene rings is 2. The smallest absolute Gasteiger partial charge is 0.0723 e. The Bertz CT molecular complexity index is 743. The second kappa shape index (κ2) is 5.19. The quantitative estimate of drug-likeness (QED) is 0.679. The third-order valence-electron chi connectivity index (χ3n) is 2.85. The van der Waals surface area contributed by atoms with Crippen molar-refractivity contribution < 1.29 is 0 Å². The van der Waals surface area contributed by atoms with Gasteiger partial charge in [-0.15, -0.1) is 0 Å². The number of aromatic nitrogens is 1. The first-order valence-electron chi connectivity index (χ1n) is 5.80. The van der Waals surface area contributed by atoms with Crippen LogP contribution in [-0.4, -0.2) is 4.98 Å². The summed E-state index contributed by atoms with van der Waals surface area (Å²) in [6.07, 6.45) is 1.79. The highest BCUT2D eigenvalue weighted by Crippen LogP contribution is 2.30. The number of pyridine rings is 1. The summed E-state index contributed by atoms with van der Waals surface area (Å²) in [6, 6.07) is 15.6. The van der Waals surface area contributed by atoms with E-state index in [-0.39, 0.29) is 0 Å². The van der Waals surface area contributed by atoms with E-state index in [2.05, 4.69) is 26.2 Å². The zero-order valence-corrected chi connectivity index (χ0v) is 12.2. The van der Waals surface area contributed by atoms with Gasteiger partial charge in [-0.1, -0.05) is 39.7 Å². The zero-order chi connectivity index (χ0) is 13.2. The van der Waals surface area contributed by atoms with Crippen LogP contribution in [0.15, 0.2) is 59.2 Å². The van der Waals surface area contributed by atoms with E-state index in [1.807, 2.05) is 48.5 Å². The van der Waals surface area contributed by atoms with Crippen molar-refractivity contribution in [3.8, 4) is 0 Å². The van der Waals surface area contributed by atoms with Crippen LogP contribution in [0.5, 0.6) is 0 Å². The molecular weight excluding hydrogens is 324 g/mol. The van der Waals surface area contributed by atoms with Gasteiger partial charge >= 0.3 is 0 Å². The summed E-state index contributed by atoms with van der Waals surface area (Å²) in [6.45, 7) is 0. The molecular formula is C15H10BrClN2. The van der Waals surface area contributed by atoms with Crippen molar-refractivity contribution in [3.05, 3.63) is 64.2 Å². The van der Waals surface area contributed by atoms with Crippen molar-refractivity contribution in [1.82, 2.24) is 4.98 Å². The highest BCUT2D eigenvalue weighted by atomic mass is 79.9. The van der Waals surface area contributed by atoms with Gasteiger partial charge in [-0.05, 0) is 36.4 Å². The van der Waals surface area contributed by atoms with E-state index in [1.165, 1.54) is 0 Å². The number of fused-ring (bicyclic) bond motifs is 1. The Balaban J connectivity index is 2.10. The molecule has 4 heteroatoms. The van der Waals surface area contributed by atoms with Crippen LogP contribution in [0.3, 0.4) is 0 Å². The Morgan fingerprint density at radius 2 is 1.84 bits per heavy atom. The molecule has 0 unspecified atom stereocenters. The van der Waals surface area contributed by atoms with Gasteiger partial charge in [0.1, 0.15) is 0 Å². The molecule has 1 N–H and O–H groups in total. The molecule has 2 nitrogen and oxygen atoms in total. The second-order valence-electron chi connectivity index (χ2n) is 4.12. The third-order valence-corrected chi connectivity index (χ3v) is 3.67. The van der Waals surface area contributed by atoms with Crippen LogP contribution in [0.2, 0.25) is 5.02 Å². The first-order chi connectivity index (χ1) is 9.24. The maximum atomic E-state index is 6.17. The van der Waals surface area contributed by atoms with E-state index < -0.39 is 0 Å². The molecule has 0 saturated carbocycles. The number of nitrogens with one attached hydrogen (secondary N) is 1. The molecule has 0 spiro atoms. The lowest BCUT2D eigenvalue weighted by atomic mass is 10.2. The fraction of sp³-hybridized carbons (Fsp3) is 0. The number of anilines is 2. The molecule has 0 atom stereocenters. The molecule has 0 amide bonds. The molecule has 19 heavy (non-hydrogen) atoms. The number of rotatable bonds is 2. The van der Waals surface area contributed by atoms with Crippen LogP contribution >= 0.6 is 27.5 Å². The van der Waals surface area contributed by atoms with Crippen LogP contribution in [0, 0.1) is 0 Å². The van der Waals surface area contributed by atoms with Gasteiger partial charge in [0.05, 0.1) is 16.2 Å². The van der Waals surface area contributed by atoms with Crippen LogP contribution in [0.4, 0.5) is 11.4 Å². The summed E-state index contributed by atoms with van der Waals surface area (Å²) in [5.41, 5.74) is 2.82. The summed E-state index contributed by atoms with van der Waals surface area (Å²) in [7, 11) is 0. The molecule has 0 fully saturated rings. The minimum Gasteiger partial charge on any atom is -0.354 e. The Morgan fingerprint density at radius 1 is 1.00 bits per heavy atom. The van der Waals surface area contributed by atoms with Crippen LogP contribution in [0.25, 0.3) is 10.9 Å². The molecule has 2 aromatic carbocycles. The Kier molecular flexibility index (Phi) is 3.40. The van der Waals surface area contributed by atoms with Gasteiger partial charge < -0.3 is 5.32 Å². The largest absolute Gasteiger partial charge is 0.354 e. The predicted octanol–water partition coefficient (Wildman–Crippen LogP) is 5.39. The minimum atomic E-state index is 0.697. The van der Waals surface area contributed by atoms with Crippen molar-refractivity contribution >= 4 is 49.8 Å². The molecule has 94 valence electrons. The molecule has 0 aliphatic heterocycles. The molecule has 0 aliphatic carbocycles. The Labute approximate surface area is 124 Å². The van der Waals surface area contributed by atoms with E-state index in [0.717, 1.165) is 26.8 Å². The molecule has 0 radical (unpaired) electrons. The first-order valence-corrected chi connectivity index (χ1v) is 6.97. The maximum absolute atomic E-state index is 6.17. The van der Waals surface area contributed by atoms with Crippen LogP contribution in [0.1, 0.15) is 0 Å². The molecule has 0 saturated heterocycles. The van der Waals surface area contributed by atoms with Crippen molar-refractivity contribution in [2.45, 2.75) is 0 Å². The summed E-state index contributed by atoms with van der Waals surface area (Å²) >= 11 is 9.65. The lowest BCUT2D eigenvalue weighted by Gasteiger charge is -2.11. The van der Waals surface area contributed by atoms with Crippen molar-refractivity contribution in [2.24, 2.45) is 0 Å². The van der Waals surface area contributed by atoms with Gasteiger partial charge in [0.25, 0.3) is 0 Å². The number of para-hydroxylation sites is 1. The number of halogens is 2. The standard InChI is InChI=1S/C15H10BrClN2/c16-10-5-6-13-11(9-10)14(7-8-18-13)19-15-4-2-1-3-12(15)17/h1-9H,(H,18,19). The average Bonchev–Trinajstić information content (AvgIpc) is 2.42. The van der Waals surface area contributed by atoms with Gasteiger partial charge in [0.15, 0.2) is 0 Å². The third kappa shape index (κ3) is 2.57. The van der Waals surface area contributed by atoms with E-state index in [9.17, 15) is 0 Å². The minimum absolute atomic E-state index is 0.697. The lowest BCUT2D eigenvalue weighted by molar-refractivity contribution is 1.40. The van der Waals surface area contributed by atoms with Crippen molar-refractivity contribution in [3.63, 3.8) is 0 Å². The summed E-state index contributed by atoms with van der Waals surface area (Å²) in [4.78, 5) is 4.35. The fourth-order valence-electron chi connectivity index (χ4n) is 1.94. The normalized spacial score (nSPS) is 10.6. The molecule has 0 aliphatic rings. The van der Waals surface area contributed by atoms with Crippen molar-refractivity contribution in [1.29, 1.82) is 0 Å². The van der Waals surface area contributed by atoms with Gasteiger partial charge in [-0.2, -0.15) is 0 Å². The molecule has 1 heterocycles. The molecule has 3 rings (SSSR count). The number of hydrogen-bond acceptors (Lipinski definition) is 2. The number of nitrogens with zero attached hydrogens (tertiary/aromatic N) is 1. The summed E-state index contributed by atoms with van der Waals surface area (Å²) in [5.74, 6) is 0. The van der Waals surface area contributed by atoms with E-state index in [1.54, 1.807) is 6.20 Å². The average molecular weight is 334 g/mol. The van der Waals surface area contributed by atoms with Gasteiger partial charge in [-0.25, -0.2) is 0 Å². The summed E-state index contributed by atoms with van der Waals surface area (Å²) < 4.78 is 1.02. The molecule has 1 aromatic heterocycles. The topological polar surface area (TPSA) is 24.9 Å². The molecule has 0 bridgehead atoms. The second-order valence-corrected chi connectivity index (χ2v) is 5.45. The monoisotopic (exact) mass is 332 g/mol. The van der Waals surface area contributed by atoms with Crippen LogP contribution < -0.4 is 5.32 Å². The Hall–Kier alpha value is -1.58. The van der Waals surface area contributed by atoms with Crippen LogP contribution in [-0.2, 0) is 0 Å². The Morgan fingerprint density at radius 3 is 2.68 bits per heavy atom. The zero-order valence-electron chi connectivity index (χ0n) is 9.90. The lowest BCUT2D eigenvalue weighted by Crippen LogP contribution is -1.93. The van der Waals surface area contributed by atoms with E-state index in [0.29, 0.717) is 5.02 Å². The van der Waals surface area contributed by atoms with Gasteiger partial charge in [-0.3, -0.25) is 4.98 Å². The highest BCUT2D eigenvalue weighted by molar-refractivity contribution is 9.10. The summed E-state index contributed by atoms with van der Waals surface area (Å²) in [5, 5.41) is 5.10. The highest BCUT2D eigenvalue weighted by Gasteiger charge is 2.05. The van der Waals surface area contributed by atoms with Gasteiger partial charge in [0, 0.05) is 21.7 Å². The van der Waals surface area contributed by atoms with E-state index in [4.69, 9.17) is 11.6 Å². The maximum Gasteiger partial charge on any atom is 0.0723 e. The SMILES string of the molecule is Clc1ccccc1Nc1ccnc2ccc(Br)cc12. The predicted molar refractivity (Wildman–Crippen MR) is 84.2 cm³/mol. The first kappa shape index (κ1) is 12.5. The van der Waals surface area contributed by atoms with Crippen molar-refractivity contribution in [2.75, 3.05) is 5.32 Å². The van der Waals surface area contributed by atoms with E-state index >= 15 is 0 Å².